The third-order valence-corrected chi connectivity index (χ3v) is 11.6. The van der Waals surface area contributed by atoms with Crippen LogP contribution >= 0.6 is 0 Å². The van der Waals surface area contributed by atoms with Crippen molar-refractivity contribution in [1.82, 2.24) is 19.9 Å². The molecule has 0 unspecified atom stereocenters. The highest BCUT2D eigenvalue weighted by atomic mass is 15.0. The lowest BCUT2D eigenvalue weighted by Gasteiger charge is -2.16. The Morgan fingerprint density at radius 3 is 1.42 bits per heavy atom. The van der Waals surface area contributed by atoms with Crippen molar-refractivity contribution >= 4 is 32.4 Å². The fourth-order valence-electron chi connectivity index (χ4n) is 8.48. The number of benzene rings is 9. The number of aromatic nitrogens is 4. The summed E-state index contributed by atoms with van der Waals surface area (Å²) in [5.41, 5.74) is 13.1. The molecular formula is C57H35N5. The van der Waals surface area contributed by atoms with Gasteiger partial charge in [0.25, 0.3) is 0 Å². The van der Waals surface area contributed by atoms with E-state index in [0.717, 1.165) is 82.9 Å². The minimum absolute atomic E-state index is 0.598. The topological polar surface area (TPSA) is 75.3 Å². The Bertz CT molecular complexity index is 3490. The van der Waals surface area contributed by atoms with Gasteiger partial charge in [0.05, 0.1) is 17.1 Å². The lowest BCUT2D eigenvalue weighted by molar-refractivity contribution is 1.07. The number of hydrogen-bond donors (Lipinski definition) is 0. The Morgan fingerprint density at radius 1 is 0.306 bits per heavy atom. The molecule has 0 bridgehead atoms. The molecule has 5 nitrogen and oxygen atoms in total. The maximum absolute atomic E-state index is 9.27. The number of nitrogens with zero attached hydrogens (tertiary/aromatic N) is 5. The van der Waals surface area contributed by atoms with E-state index in [2.05, 4.69) is 146 Å². The first-order valence-electron chi connectivity index (χ1n) is 20.6. The van der Waals surface area contributed by atoms with Gasteiger partial charge in [-0.2, -0.15) is 5.26 Å². The molecule has 0 aliphatic heterocycles. The SMILES string of the molecule is N#Cc1ccc(-c2ccc(-c3cc4c5cccnc5c(-c5cccc(-c6nc(-c7ccccc7)nc(-c7ccc(-c8ccccc8)cc7)n6)c5)cc4c4ccccc34)cc2)cc1. The molecular weight excluding hydrogens is 755 g/mol. The average molecular weight is 790 g/mol. The molecule has 0 fully saturated rings. The smallest absolute Gasteiger partial charge is 0.164 e. The summed E-state index contributed by atoms with van der Waals surface area (Å²) in [5, 5.41) is 15.0. The summed E-state index contributed by atoms with van der Waals surface area (Å²) in [6, 6.07) is 73.5. The first-order valence-corrected chi connectivity index (χ1v) is 20.6. The summed E-state index contributed by atoms with van der Waals surface area (Å²) < 4.78 is 0. The summed E-state index contributed by atoms with van der Waals surface area (Å²) >= 11 is 0. The van der Waals surface area contributed by atoms with Crippen molar-refractivity contribution in [2.75, 3.05) is 0 Å². The van der Waals surface area contributed by atoms with Crippen LogP contribution in [0, 0.1) is 11.3 Å². The molecule has 0 aliphatic carbocycles. The lowest BCUT2D eigenvalue weighted by atomic mass is 9.88. The number of rotatable bonds is 7. The molecule has 0 amide bonds. The molecule has 0 aliphatic rings. The zero-order valence-corrected chi connectivity index (χ0v) is 33.4. The van der Waals surface area contributed by atoms with Crippen molar-refractivity contribution in [1.29, 1.82) is 5.26 Å². The molecule has 2 heterocycles. The van der Waals surface area contributed by atoms with E-state index in [1.165, 1.54) is 10.8 Å². The Hall–Kier alpha value is -8.59. The normalized spacial score (nSPS) is 11.2. The standard InChI is InChI=1S/C57H35N5/c58-36-37-20-22-39(23-21-37)41-24-28-42(29-25-41)50-34-53-49-19-10-32-59-54(49)51(35-52(53)48-18-8-7-17-47(48)50)45-15-9-16-46(33-45)57-61-55(43-13-5-2-6-14-43)60-56(62-57)44-30-26-40(27-31-44)38-11-3-1-4-12-38/h1-35H. The highest BCUT2D eigenvalue weighted by Crippen LogP contribution is 2.42. The second-order valence-corrected chi connectivity index (χ2v) is 15.4. The van der Waals surface area contributed by atoms with E-state index >= 15 is 0 Å². The first-order chi connectivity index (χ1) is 30.7. The zero-order chi connectivity index (χ0) is 41.4. The van der Waals surface area contributed by atoms with Crippen LogP contribution in [0.1, 0.15) is 5.56 Å². The lowest BCUT2D eigenvalue weighted by Crippen LogP contribution is -2.00. The molecule has 0 saturated carbocycles. The second-order valence-electron chi connectivity index (χ2n) is 15.4. The molecule has 9 aromatic carbocycles. The average Bonchev–Trinajstić information content (AvgIpc) is 3.36. The molecule has 2 aromatic heterocycles. The molecule has 5 heteroatoms. The molecule has 288 valence electrons. The maximum atomic E-state index is 9.27. The van der Waals surface area contributed by atoms with Crippen molar-refractivity contribution in [3.63, 3.8) is 0 Å². The minimum atomic E-state index is 0.598. The number of fused-ring (bicyclic) bond motifs is 5. The van der Waals surface area contributed by atoms with E-state index in [9.17, 15) is 5.26 Å². The van der Waals surface area contributed by atoms with E-state index in [4.69, 9.17) is 19.9 Å². The van der Waals surface area contributed by atoms with Gasteiger partial charge in [0.15, 0.2) is 17.5 Å². The van der Waals surface area contributed by atoms with Crippen molar-refractivity contribution in [2.24, 2.45) is 0 Å². The van der Waals surface area contributed by atoms with Gasteiger partial charge < -0.3 is 0 Å². The van der Waals surface area contributed by atoms with Crippen LogP contribution in [0.25, 0.3) is 111 Å². The second kappa shape index (κ2) is 15.5. The van der Waals surface area contributed by atoms with Crippen molar-refractivity contribution < 1.29 is 0 Å². The van der Waals surface area contributed by atoms with Gasteiger partial charge in [-0.3, -0.25) is 4.98 Å². The molecule has 11 rings (SSSR count). The van der Waals surface area contributed by atoms with Gasteiger partial charge in [-0.25, -0.2) is 15.0 Å². The molecule has 0 atom stereocenters. The van der Waals surface area contributed by atoms with Crippen LogP contribution in [0.3, 0.4) is 0 Å². The Labute approximate surface area is 359 Å². The van der Waals surface area contributed by atoms with Crippen LogP contribution in [0.2, 0.25) is 0 Å². The van der Waals surface area contributed by atoms with E-state index in [0.29, 0.717) is 23.0 Å². The van der Waals surface area contributed by atoms with Gasteiger partial charge in [-0.1, -0.05) is 170 Å². The van der Waals surface area contributed by atoms with Crippen molar-refractivity contribution in [2.45, 2.75) is 0 Å². The summed E-state index contributed by atoms with van der Waals surface area (Å²) in [6.07, 6.45) is 1.87. The third kappa shape index (κ3) is 6.72. The Morgan fingerprint density at radius 2 is 0.758 bits per heavy atom. The number of nitriles is 1. The van der Waals surface area contributed by atoms with Gasteiger partial charge in [-0.05, 0) is 96.9 Å². The molecule has 0 N–H and O–H groups in total. The molecule has 0 radical (unpaired) electrons. The first kappa shape index (κ1) is 36.5. The highest BCUT2D eigenvalue weighted by molar-refractivity contribution is 6.23. The van der Waals surface area contributed by atoms with E-state index in [-0.39, 0.29) is 0 Å². The monoisotopic (exact) mass is 789 g/mol. The van der Waals surface area contributed by atoms with Crippen molar-refractivity contribution in [3.8, 4) is 84.7 Å². The highest BCUT2D eigenvalue weighted by Gasteiger charge is 2.18. The van der Waals surface area contributed by atoms with E-state index in [1.54, 1.807) is 0 Å². The van der Waals surface area contributed by atoms with Crippen LogP contribution in [0.15, 0.2) is 212 Å². The van der Waals surface area contributed by atoms with Gasteiger partial charge in [0.2, 0.25) is 0 Å². The molecule has 62 heavy (non-hydrogen) atoms. The van der Waals surface area contributed by atoms with Gasteiger partial charge in [0.1, 0.15) is 0 Å². The van der Waals surface area contributed by atoms with Crippen LogP contribution in [0.5, 0.6) is 0 Å². The summed E-state index contributed by atoms with van der Waals surface area (Å²) in [6.45, 7) is 0. The fraction of sp³-hybridized carbons (Fsp3) is 0. The van der Waals surface area contributed by atoms with Gasteiger partial charge in [0, 0.05) is 33.8 Å². The number of pyridine rings is 1. The molecule has 0 saturated heterocycles. The van der Waals surface area contributed by atoms with Gasteiger partial charge in [-0.15, -0.1) is 0 Å². The predicted molar refractivity (Wildman–Crippen MR) is 253 cm³/mol. The zero-order valence-electron chi connectivity index (χ0n) is 33.4. The van der Waals surface area contributed by atoms with E-state index in [1.807, 2.05) is 72.9 Å². The van der Waals surface area contributed by atoms with Gasteiger partial charge >= 0.3 is 0 Å². The summed E-state index contributed by atoms with van der Waals surface area (Å²) in [4.78, 5) is 20.2. The fourth-order valence-corrected chi connectivity index (χ4v) is 8.48. The van der Waals surface area contributed by atoms with E-state index < -0.39 is 0 Å². The predicted octanol–water partition coefficient (Wildman–Crippen LogP) is 14.3. The quantitative estimate of drug-likeness (QED) is 0.150. The Kier molecular flexibility index (Phi) is 9.15. The Balaban J connectivity index is 1.03. The van der Waals surface area contributed by atoms with Crippen LogP contribution < -0.4 is 0 Å². The third-order valence-electron chi connectivity index (χ3n) is 11.6. The van der Waals surface area contributed by atoms with Crippen molar-refractivity contribution in [3.05, 3.63) is 218 Å². The van der Waals surface area contributed by atoms with Crippen LogP contribution in [0.4, 0.5) is 0 Å². The van der Waals surface area contributed by atoms with Crippen LogP contribution in [-0.4, -0.2) is 19.9 Å². The minimum Gasteiger partial charge on any atom is -0.256 e. The molecule has 0 spiro atoms. The molecule has 11 aromatic rings. The maximum Gasteiger partial charge on any atom is 0.164 e. The summed E-state index contributed by atoms with van der Waals surface area (Å²) in [7, 11) is 0. The number of hydrogen-bond acceptors (Lipinski definition) is 5. The van der Waals surface area contributed by atoms with Crippen LogP contribution in [-0.2, 0) is 0 Å². The summed E-state index contributed by atoms with van der Waals surface area (Å²) in [5.74, 6) is 1.83. The largest absolute Gasteiger partial charge is 0.256 e.